The monoisotopic (exact) mass is 218 g/mol. The highest BCUT2D eigenvalue weighted by Crippen LogP contribution is 2.17. The normalized spacial score (nSPS) is 10.3. The van der Waals surface area contributed by atoms with E-state index >= 15 is 0 Å². The molecule has 1 aromatic heterocycles. The van der Waals surface area contributed by atoms with Crippen LogP contribution in [0.5, 0.6) is 0 Å². The Kier molecular flexibility index (Phi) is 4.13. The predicted molar refractivity (Wildman–Crippen MR) is 53.7 cm³/mol. The Labute approximate surface area is 85.8 Å². The zero-order chi connectivity index (χ0) is 10.6. The number of thioether (sulfide) groups is 1. The molecule has 0 spiro atoms. The van der Waals surface area contributed by atoms with E-state index in [0.717, 1.165) is 22.6 Å². The summed E-state index contributed by atoms with van der Waals surface area (Å²) in [6, 6.07) is 0. The first kappa shape index (κ1) is 11.2. The summed E-state index contributed by atoms with van der Waals surface area (Å²) in [7, 11) is 0. The average Bonchev–Trinajstić information content (AvgIpc) is 2.40. The summed E-state index contributed by atoms with van der Waals surface area (Å²) < 4.78 is 23.3. The van der Waals surface area contributed by atoms with Crippen LogP contribution < -0.4 is 0 Å². The molecule has 14 heavy (non-hydrogen) atoms. The number of allylic oxidation sites excluding steroid dienone is 1. The third-order valence-corrected chi connectivity index (χ3v) is 2.67. The highest BCUT2D eigenvalue weighted by atomic mass is 32.2. The zero-order valence-corrected chi connectivity index (χ0v) is 8.92. The van der Waals surface area contributed by atoms with Gasteiger partial charge in [-0.2, -0.15) is 8.78 Å². The second kappa shape index (κ2) is 5.14. The topological polar surface area (TPSA) is 28.7 Å². The molecule has 5 heteroatoms. The van der Waals surface area contributed by atoms with Crippen molar-refractivity contribution >= 4 is 11.8 Å². The number of aromatic nitrogens is 2. The molecular weight excluding hydrogens is 206 g/mol. The molecule has 0 unspecified atom stereocenters. The molecule has 1 heterocycles. The van der Waals surface area contributed by atoms with Crippen LogP contribution in [-0.2, 0) is 0 Å². The van der Waals surface area contributed by atoms with Gasteiger partial charge >= 0.3 is 0 Å². The predicted octanol–water partition coefficient (Wildman–Crippen LogP) is 3.29. The maximum absolute atomic E-state index is 11.7. The largest absolute Gasteiger partial charge is 0.337 e. The van der Waals surface area contributed by atoms with Gasteiger partial charge < -0.3 is 4.98 Å². The number of rotatable bonds is 4. The fourth-order valence-electron chi connectivity index (χ4n) is 0.907. The van der Waals surface area contributed by atoms with Crippen LogP contribution in [0.1, 0.15) is 17.8 Å². The van der Waals surface area contributed by atoms with Crippen molar-refractivity contribution in [2.24, 2.45) is 0 Å². The summed E-state index contributed by atoms with van der Waals surface area (Å²) in [6.45, 7) is 3.85. The van der Waals surface area contributed by atoms with E-state index in [4.69, 9.17) is 0 Å². The van der Waals surface area contributed by atoms with Crippen LogP contribution in [0.15, 0.2) is 17.3 Å². The molecule has 1 N–H and O–H groups in total. The lowest BCUT2D eigenvalue weighted by Gasteiger charge is -1.92. The number of hydrogen-bond donors (Lipinski definition) is 1. The molecule has 0 radical (unpaired) electrons. The molecule has 1 rings (SSSR count). The van der Waals surface area contributed by atoms with Gasteiger partial charge in [-0.1, -0.05) is 11.8 Å². The number of nitrogens with one attached hydrogen (secondary N) is 1. The second-order valence-electron chi connectivity index (χ2n) is 2.88. The van der Waals surface area contributed by atoms with Crippen molar-refractivity contribution in [2.75, 3.05) is 5.75 Å². The van der Waals surface area contributed by atoms with Crippen molar-refractivity contribution in [1.82, 2.24) is 9.97 Å². The van der Waals surface area contributed by atoms with Crippen molar-refractivity contribution in [3.8, 4) is 0 Å². The molecule has 0 amide bonds. The molecule has 0 saturated heterocycles. The summed E-state index contributed by atoms with van der Waals surface area (Å²) in [6.07, 6.45) is -0.320. The average molecular weight is 218 g/mol. The molecule has 0 bridgehead atoms. The number of imidazole rings is 1. The number of halogens is 2. The van der Waals surface area contributed by atoms with Crippen LogP contribution in [-0.4, -0.2) is 15.7 Å². The van der Waals surface area contributed by atoms with Crippen LogP contribution in [0, 0.1) is 13.8 Å². The first-order chi connectivity index (χ1) is 6.59. The Morgan fingerprint density at radius 2 is 2.21 bits per heavy atom. The molecule has 0 aromatic carbocycles. The maximum Gasteiger partial charge on any atom is 0.266 e. The first-order valence-electron chi connectivity index (χ1n) is 4.26. The van der Waals surface area contributed by atoms with Gasteiger partial charge in [-0.3, -0.25) is 0 Å². The Hall–Kier alpha value is -0.840. The highest BCUT2D eigenvalue weighted by Gasteiger charge is 2.01. The quantitative estimate of drug-likeness (QED) is 0.620. The van der Waals surface area contributed by atoms with Crippen molar-refractivity contribution in [1.29, 1.82) is 0 Å². The van der Waals surface area contributed by atoms with Crippen molar-refractivity contribution in [3.63, 3.8) is 0 Å². The first-order valence-corrected chi connectivity index (χ1v) is 5.25. The van der Waals surface area contributed by atoms with E-state index in [1.807, 2.05) is 13.8 Å². The van der Waals surface area contributed by atoms with E-state index in [1.54, 1.807) is 0 Å². The summed E-state index contributed by atoms with van der Waals surface area (Å²) in [5, 5.41) is 0.799. The molecule has 0 aliphatic heterocycles. The Morgan fingerprint density at radius 3 is 2.71 bits per heavy atom. The Morgan fingerprint density at radius 1 is 1.50 bits per heavy atom. The highest BCUT2D eigenvalue weighted by molar-refractivity contribution is 7.99. The van der Waals surface area contributed by atoms with Gasteiger partial charge in [0.1, 0.15) is 0 Å². The van der Waals surface area contributed by atoms with Gasteiger partial charge in [0.25, 0.3) is 6.08 Å². The number of H-pyrrole nitrogens is 1. The van der Waals surface area contributed by atoms with Gasteiger partial charge in [-0.05, 0) is 26.3 Å². The summed E-state index contributed by atoms with van der Waals surface area (Å²) in [5.41, 5.74) is 1.99. The lowest BCUT2D eigenvalue weighted by atomic mass is 10.4. The zero-order valence-electron chi connectivity index (χ0n) is 8.10. The molecule has 78 valence electrons. The van der Waals surface area contributed by atoms with Gasteiger partial charge in [0.05, 0.1) is 5.69 Å². The van der Waals surface area contributed by atoms with Crippen LogP contribution in [0.4, 0.5) is 8.78 Å². The molecule has 0 atom stereocenters. The molecular formula is C9H12F2N2S. The molecule has 2 nitrogen and oxygen atoms in total. The minimum absolute atomic E-state index is 0.367. The molecule has 0 aliphatic rings. The van der Waals surface area contributed by atoms with Gasteiger partial charge in [0.15, 0.2) is 5.16 Å². The van der Waals surface area contributed by atoms with E-state index in [2.05, 4.69) is 9.97 Å². The number of aryl methyl sites for hydroxylation is 2. The van der Waals surface area contributed by atoms with Gasteiger partial charge in [-0.15, -0.1) is 0 Å². The van der Waals surface area contributed by atoms with Crippen molar-refractivity contribution in [2.45, 2.75) is 25.4 Å². The third-order valence-electron chi connectivity index (χ3n) is 1.76. The van der Waals surface area contributed by atoms with Crippen LogP contribution in [0.2, 0.25) is 0 Å². The fraction of sp³-hybridized carbons (Fsp3) is 0.444. The maximum atomic E-state index is 11.7. The minimum atomic E-state index is -1.61. The lowest BCUT2D eigenvalue weighted by molar-refractivity contribution is 0.418. The smallest absolute Gasteiger partial charge is 0.266 e. The summed E-state index contributed by atoms with van der Waals surface area (Å²) in [4.78, 5) is 7.30. The molecule has 1 aromatic rings. The third kappa shape index (κ3) is 3.49. The minimum Gasteiger partial charge on any atom is -0.337 e. The van der Waals surface area contributed by atoms with Crippen LogP contribution in [0.25, 0.3) is 0 Å². The van der Waals surface area contributed by atoms with Crippen LogP contribution >= 0.6 is 11.8 Å². The van der Waals surface area contributed by atoms with E-state index in [1.165, 1.54) is 11.8 Å². The number of nitrogens with zero attached hydrogens (tertiary/aromatic N) is 1. The lowest BCUT2D eigenvalue weighted by Crippen LogP contribution is -1.79. The SMILES string of the molecule is Cc1nc(SCCC=C(F)F)[nH]c1C. The Balaban J connectivity index is 2.35. The van der Waals surface area contributed by atoms with Crippen LogP contribution in [0.3, 0.4) is 0 Å². The van der Waals surface area contributed by atoms with Crippen molar-refractivity contribution < 1.29 is 8.78 Å². The standard InChI is InChI=1S/C9H12F2N2S/c1-6-7(2)13-9(12-6)14-5-3-4-8(10)11/h4H,3,5H2,1-2H3,(H,12,13). The number of hydrogen-bond acceptors (Lipinski definition) is 2. The Bertz CT molecular complexity index is 310. The molecule has 0 fully saturated rings. The van der Waals surface area contributed by atoms with Gasteiger partial charge in [0, 0.05) is 11.4 Å². The van der Waals surface area contributed by atoms with E-state index in [9.17, 15) is 8.78 Å². The van der Waals surface area contributed by atoms with E-state index in [0.29, 0.717) is 12.2 Å². The summed E-state index contributed by atoms with van der Waals surface area (Å²) >= 11 is 1.45. The van der Waals surface area contributed by atoms with E-state index in [-0.39, 0.29) is 0 Å². The van der Waals surface area contributed by atoms with E-state index < -0.39 is 6.08 Å². The fourth-order valence-corrected chi connectivity index (χ4v) is 1.76. The summed E-state index contributed by atoms with van der Waals surface area (Å²) in [5.74, 6) is 0.615. The number of aromatic amines is 1. The van der Waals surface area contributed by atoms with Gasteiger partial charge in [-0.25, -0.2) is 4.98 Å². The van der Waals surface area contributed by atoms with Crippen molar-refractivity contribution in [3.05, 3.63) is 23.5 Å². The molecule has 0 aliphatic carbocycles. The second-order valence-corrected chi connectivity index (χ2v) is 3.97. The molecule has 0 saturated carbocycles. The van der Waals surface area contributed by atoms with Gasteiger partial charge in [0.2, 0.25) is 0 Å².